The van der Waals surface area contributed by atoms with Gasteiger partial charge in [0.25, 0.3) is 0 Å². The van der Waals surface area contributed by atoms with Crippen molar-refractivity contribution < 1.29 is 5.11 Å². The summed E-state index contributed by atoms with van der Waals surface area (Å²) in [6.07, 6.45) is 2.52. The lowest BCUT2D eigenvalue weighted by atomic mass is 10.1. The number of hydrogen-bond acceptors (Lipinski definition) is 3. The Morgan fingerprint density at radius 1 is 1.47 bits per heavy atom. The summed E-state index contributed by atoms with van der Waals surface area (Å²) in [7, 11) is 0. The van der Waals surface area contributed by atoms with Gasteiger partial charge in [0.15, 0.2) is 0 Å². The van der Waals surface area contributed by atoms with Gasteiger partial charge < -0.3 is 5.11 Å². The minimum absolute atomic E-state index is 0.434. The molecule has 1 unspecified atom stereocenters. The summed E-state index contributed by atoms with van der Waals surface area (Å²) in [5.74, 6) is 0. The molecule has 0 aliphatic carbocycles. The quantitative estimate of drug-likeness (QED) is 0.818. The molecule has 1 atom stereocenters. The molecule has 0 saturated heterocycles. The van der Waals surface area contributed by atoms with Gasteiger partial charge in [-0.25, -0.2) is 4.98 Å². The van der Waals surface area contributed by atoms with Crippen LogP contribution in [0, 0.1) is 6.92 Å². The molecule has 2 aromatic rings. The Morgan fingerprint density at radius 2 is 2.33 bits per heavy atom. The molecule has 1 aromatic heterocycles. The van der Waals surface area contributed by atoms with Crippen LogP contribution in [0.15, 0.2) is 36.9 Å². The van der Waals surface area contributed by atoms with Gasteiger partial charge in [-0.05, 0) is 12.5 Å². The van der Waals surface area contributed by atoms with Crippen LogP contribution in [-0.2, 0) is 6.54 Å². The zero-order valence-corrected chi connectivity index (χ0v) is 8.54. The second-order valence-corrected chi connectivity index (χ2v) is 3.55. The summed E-state index contributed by atoms with van der Waals surface area (Å²) in [6, 6.07) is 7.83. The van der Waals surface area contributed by atoms with E-state index in [1.807, 2.05) is 31.2 Å². The van der Waals surface area contributed by atoms with E-state index < -0.39 is 6.10 Å². The highest BCUT2D eigenvalue weighted by molar-refractivity contribution is 5.23. The summed E-state index contributed by atoms with van der Waals surface area (Å²) < 4.78 is 1.62. The molecule has 0 aliphatic rings. The van der Waals surface area contributed by atoms with Gasteiger partial charge >= 0.3 is 0 Å². The molecule has 0 fully saturated rings. The number of aliphatic hydroxyl groups is 1. The Labute approximate surface area is 88.2 Å². The lowest BCUT2D eigenvalue weighted by Gasteiger charge is -2.11. The standard InChI is InChI=1S/C11H13N3O/c1-9-3-2-4-10(5-9)11(15)6-14-8-12-7-13-14/h2-5,7-8,11,15H,6H2,1H3. The maximum absolute atomic E-state index is 9.93. The van der Waals surface area contributed by atoms with E-state index in [9.17, 15) is 5.11 Å². The summed E-state index contributed by atoms with van der Waals surface area (Å²) in [5, 5.41) is 13.9. The van der Waals surface area contributed by atoms with Crippen LogP contribution in [0.3, 0.4) is 0 Å². The molecule has 0 bridgehead atoms. The highest BCUT2D eigenvalue weighted by atomic mass is 16.3. The van der Waals surface area contributed by atoms with Crippen molar-refractivity contribution in [3.63, 3.8) is 0 Å². The third-order valence-corrected chi connectivity index (χ3v) is 2.25. The number of aromatic nitrogens is 3. The second-order valence-electron chi connectivity index (χ2n) is 3.55. The minimum atomic E-state index is -0.536. The maximum atomic E-state index is 9.93. The van der Waals surface area contributed by atoms with Gasteiger partial charge in [-0.3, -0.25) is 4.68 Å². The first-order valence-corrected chi connectivity index (χ1v) is 4.83. The summed E-state index contributed by atoms with van der Waals surface area (Å²) in [6.45, 7) is 2.44. The summed E-state index contributed by atoms with van der Waals surface area (Å²) in [4.78, 5) is 3.83. The zero-order chi connectivity index (χ0) is 10.7. The van der Waals surface area contributed by atoms with Crippen molar-refractivity contribution in [2.24, 2.45) is 0 Å². The molecule has 4 nitrogen and oxygen atoms in total. The van der Waals surface area contributed by atoms with Crippen LogP contribution in [0.5, 0.6) is 0 Å². The molecule has 4 heteroatoms. The topological polar surface area (TPSA) is 50.9 Å². The lowest BCUT2D eigenvalue weighted by molar-refractivity contribution is 0.151. The van der Waals surface area contributed by atoms with E-state index in [0.29, 0.717) is 6.54 Å². The molecule has 0 amide bonds. The normalized spacial score (nSPS) is 12.7. The molecule has 0 spiro atoms. The number of aryl methyl sites for hydroxylation is 1. The number of aliphatic hydroxyl groups excluding tert-OH is 1. The van der Waals surface area contributed by atoms with Crippen molar-refractivity contribution in [1.82, 2.24) is 14.8 Å². The highest BCUT2D eigenvalue weighted by Crippen LogP contribution is 2.15. The van der Waals surface area contributed by atoms with Gasteiger partial charge in [-0.15, -0.1) is 0 Å². The van der Waals surface area contributed by atoms with Crippen LogP contribution in [0.2, 0.25) is 0 Å². The Morgan fingerprint density at radius 3 is 3.00 bits per heavy atom. The van der Waals surface area contributed by atoms with Gasteiger partial charge in [0.05, 0.1) is 12.6 Å². The Bertz CT molecular complexity index is 425. The molecular weight excluding hydrogens is 190 g/mol. The Hall–Kier alpha value is -1.68. The first-order valence-electron chi connectivity index (χ1n) is 4.83. The van der Waals surface area contributed by atoms with Crippen molar-refractivity contribution in [2.75, 3.05) is 0 Å². The molecule has 0 saturated carbocycles. The molecule has 1 heterocycles. The average Bonchev–Trinajstić information content (AvgIpc) is 2.70. The molecule has 1 N–H and O–H groups in total. The van der Waals surface area contributed by atoms with Crippen molar-refractivity contribution >= 4 is 0 Å². The summed E-state index contributed by atoms with van der Waals surface area (Å²) in [5.41, 5.74) is 2.05. The fourth-order valence-electron chi connectivity index (χ4n) is 1.49. The fraction of sp³-hybridized carbons (Fsp3) is 0.273. The van der Waals surface area contributed by atoms with Crippen LogP contribution < -0.4 is 0 Å². The minimum Gasteiger partial charge on any atom is -0.386 e. The number of hydrogen-bond donors (Lipinski definition) is 1. The van der Waals surface area contributed by atoms with E-state index in [4.69, 9.17) is 0 Å². The van der Waals surface area contributed by atoms with E-state index in [1.165, 1.54) is 6.33 Å². The molecule has 78 valence electrons. The van der Waals surface area contributed by atoms with Crippen LogP contribution in [0.25, 0.3) is 0 Å². The molecule has 0 radical (unpaired) electrons. The number of benzene rings is 1. The van der Waals surface area contributed by atoms with Crippen LogP contribution >= 0.6 is 0 Å². The highest BCUT2D eigenvalue weighted by Gasteiger charge is 2.08. The Kier molecular flexibility index (Phi) is 2.78. The van der Waals surface area contributed by atoms with Gasteiger partial charge in [-0.2, -0.15) is 5.10 Å². The van der Waals surface area contributed by atoms with Crippen LogP contribution in [0.1, 0.15) is 17.2 Å². The van der Waals surface area contributed by atoms with E-state index in [0.717, 1.165) is 11.1 Å². The lowest BCUT2D eigenvalue weighted by Crippen LogP contribution is -2.09. The van der Waals surface area contributed by atoms with Crippen molar-refractivity contribution in [3.05, 3.63) is 48.0 Å². The molecule has 0 aliphatic heterocycles. The average molecular weight is 203 g/mol. The number of rotatable bonds is 3. The fourth-order valence-corrected chi connectivity index (χ4v) is 1.49. The molecule has 1 aromatic carbocycles. The molecular formula is C11H13N3O. The maximum Gasteiger partial charge on any atom is 0.137 e. The van der Waals surface area contributed by atoms with E-state index in [-0.39, 0.29) is 0 Å². The largest absolute Gasteiger partial charge is 0.386 e. The van der Waals surface area contributed by atoms with Gasteiger partial charge in [0.1, 0.15) is 12.7 Å². The number of nitrogens with zero attached hydrogens (tertiary/aromatic N) is 3. The van der Waals surface area contributed by atoms with Crippen LogP contribution in [0.4, 0.5) is 0 Å². The van der Waals surface area contributed by atoms with Crippen molar-refractivity contribution in [2.45, 2.75) is 19.6 Å². The monoisotopic (exact) mass is 203 g/mol. The van der Waals surface area contributed by atoms with Gasteiger partial charge in [-0.1, -0.05) is 29.8 Å². The SMILES string of the molecule is Cc1cccc(C(O)Cn2cncn2)c1. The zero-order valence-electron chi connectivity index (χ0n) is 8.54. The van der Waals surface area contributed by atoms with Crippen molar-refractivity contribution in [3.8, 4) is 0 Å². The first kappa shape index (κ1) is 9.86. The molecule has 2 rings (SSSR count). The summed E-state index contributed by atoms with van der Waals surface area (Å²) >= 11 is 0. The second kappa shape index (κ2) is 4.23. The van der Waals surface area contributed by atoms with Gasteiger partial charge in [0.2, 0.25) is 0 Å². The third kappa shape index (κ3) is 2.41. The van der Waals surface area contributed by atoms with Crippen molar-refractivity contribution in [1.29, 1.82) is 0 Å². The Balaban J connectivity index is 2.11. The van der Waals surface area contributed by atoms with Gasteiger partial charge in [0, 0.05) is 0 Å². The smallest absolute Gasteiger partial charge is 0.137 e. The molecule has 15 heavy (non-hydrogen) atoms. The van der Waals surface area contributed by atoms with E-state index in [2.05, 4.69) is 10.1 Å². The predicted molar refractivity (Wildman–Crippen MR) is 56.2 cm³/mol. The van der Waals surface area contributed by atoms with Crippen LogP contribution in [-0.4, -0.2) is 19.9 Å². The van der Waals surface area contributed by atoms with E-state index >= 15 is 0 Å². The predicted octanol–water partition coefficient (Wildman–Crippen LogP) is 1.32. The third-order valence-electron chi connectivity index (χ3n) is 2.25. The first-order chi connectivity index (χ1) is 7.25. The van der Waals surface area contributed by atoms with E-state index in [1.54, 1.807) is 11.0 Å².